The van der Waals surface area contributed by atoms with Crippen molar-refractivity contribution >= 4 is 17.8 Å². The molecule has 1 saturated carbocycles. The van der Waals surface area contributed by atoms with Crippen molar-refractivity contribution in [2.45, 2.75) is 50.2 Å². The summed E-state index contributed by atoms with van der Waals surface area (Å²) in [6, 6.07) is -0.566. The molecule has 3 rings (SSSR count). The van der Waals surface area contributed by atoms with Gasteiger partial charge >= 0.3 is 12.2 Å². The van der Waals surface area contributed by atoms with Crippen molar-refractivity contribution in [1.82, 2.24) is 15.5 Å². The van der Waals surface area contributed by atoms with Gasteiger partial charge in [0.25, 0.3) is 5.91 Å². The minimum absolute atomic E-state index is 0.00382. The summed E-state index contributed by atoms with van der Waals surface area (Å²) in [6.07, 6.45) is -2.56. The zero-order valence-corrected chi connectivity index (χ0v) is 13.1. The second-order valence-corrected chi connectivity index (χ2v) is 6.85. The van der Waals surface area contributed by atoms with Crippen molar-refractivity contribution in [2.75, 3.05) is 13.1 Å². The second-order valence-electron chi connectivity index (χ2n) is 6.85. The van der Waals surface area contributed by atoms with E-state index >= 15 is 0 Å². The van der Waals surface area contributed by atoms with E-state index in [2.05, 4.69) is 10.6 Å². The molecular formula is C15H20F3N3O3. The number of rotatable bonds is 1. The quantitative estimate of drug-likeness (QED) is 0.707. The number of hydrogen-bond donors (Lipinski definition) is 2. The van der Waals surface area contributed by atoms with Crippen LogP contribution in [0.5, 0.6) is 0 Å². The van der Waals surface area contributed by atoms with Crippen molar-refractivity contribution < 1.29 is 27.6 Å². The molecular weight excluding hydrogens is 327 g/mol. The molecule has 0 aromatic rings. The highest BCUT2D eigenvalue weighted by Gasteiger charge is 2.52. The SMILES string of the molecule is O=C1NC(=O)C2(CCN(C(=O)C3CCCCC3C(F)(F)F)CC2)N1. The highest BCUT2D eigenvalue weighted by Crippen LogP contribution is 2.42. The zero-order valence-electron chi connectivity index (χ0n) is 13.1. The molecule has 3 fully saturated rings. The first-order valence-electron chi connectivity index (χ1n) is 8.22. The van der Waals surface area contributed by atoms with E-state index < -0.39 is 41.4 Å². The van der Waals surface area contributed by atoms with Gasteiger partial charge in [0, 0.05) is 19.0 Å². The number of carbonyl (C=O) groups excluding carboxylic acids is 3. The Labute approximate surface area is 137 Å². The lowest BCUT2D eigenvalue weighted by molar-refractivity contribution is -0.201. The number of urea groups is 1. The molecule has 3 aliphatic rings. The van der Waals surface area contributed by atoms with Gasteiger partial charge in [0.15, 0.2) is 0 Å². The minimum Gasteiger partial charge on any atom is -0.342 e. The van der Waals surface area contributed by atoms with Crippen molar-refractivity contribution in [3.63, 3.8) is 0 Å². The van der Waals surface area contributed by atoms with Crippen LogP contribution in [0.15, 0.2) is 0 Å². The Hall–Kier alpha value is -1.80. The summed E-state index contributed by atoms with van der Waals surface area (Å²) < 4.78 is 39.5. The molecule has 6 nitrogen and oxygen atoms in total. The maximum Gasteiger partial charge on any atom is 0.392 e. The molecule has 9 heteroatoms. The van der Waals surface area contributed by atoms with Crippen LogP contribution in [0.1, 0.15) is 38.5 Å². The van der Waals surface area contributed by atoms with E-state index in [9.17, 15) is 27.6 Å². The summed E-state index contributed by atoms with van der Waals surface area (Å²) >= 11 is 0. The van der Waals surface area contributed by atoms with Crippen LogP contribution in [0.25, 0.3) is 0 Å². The number of likely N-dealkylation sites (tertiary alicyclic amines) is 1. The first-order chi connectivity index (χ1) is 11.2. The molecule has 1 aliphatic carbocycles. The number of nitrogens with one attached hydrogen (secondary N) is 2. The van der Waals surface area contributed by atoms with Crippen LogP contribution < -0.4 is 10.6 Å². The molecule has 2 atom stereocenters. The lowest BCUT2D eigenvalue weighted by atomic mass is 9.77. The van der Waals surface area contributed by atoms with Crippen LogP contribution in [0, 0.1) is 11.8 Å². The van der Waals surface area contributed by atoms with Gasteiger partial charge in [0.1, 0.15) is 5.54 Å². The summed E-state index contributed by atoms with van der Waals surface area (Å²) in [7, 11) is 0. The van der Waals surface area contributed by atoms with Gasteiger partial charge in [0.2, 0.25) is 5.91 Å². The summed E-state index contributed by atoms with van der Waals surface area (Å²) in [5, 5.41) is 4.74. The number of halogens is 3. The van der Waals surface area contributed by atoms with E-state index in [-0.39, 0.29) is 38.8 Å². The van der Waals surface area contributed by atoms with Gasteiger partial charge in [-0.15, -0.1) is 0 Å². The first kappa shape index (κ1) is 17.0. The molecule has 24 heavy (non-hydrogen) atoms. The third-order valence-electron chi connectivity index (χ3n) is 5.45. The molecule has 2 N–H and O–H groups in total. The summed E-state index contributed by atoms with van der Waals surface area (Å²) in [5.74, 6) is -3.51. The third-order valence-corrected chi connectivity index (χ3v) is 5.45. The standard InChI is InChI=1S/C15H20F3N3O3/c16-15(17,18)10-4-2-1-3-9(10)11(22)21-7-5-14(6-8-21)12(23)19-13(24)20-14/h9-10H,1-8H2,(H2,19,20,23,24). The molecule has 0 radical (unpaired) electrons. The Bertz CT molecular complexity index is 556. The first-order valence-corrected chi connectivity index (χ1v) is 8.22. The van der Waals surface area contributed by atoms with Gasteiger partial charge in [-0.2, -0.15) is 13.2 Å². The van der Waals surface area contributed by atoms with E-state index in [0.717, 1.165) is 0 Å². The molecule has 4 amide bonds. The highest BCUT2D eigenvalue weighted by atomic mass is 19.4. The third kappa shape index (κ3) is 2.95. The fourth-order valence-electron chi connectivity index (χ4n) is 4.04. The van der Waals surface area contributed by atoms with Gasteiger partial charge < -0.3 is 10.2 Å². The van der Waals surface area contributed by atoms with Crippen LogP contribution in [0.4, 0.5) is 18.0 Å². The number of alkyl halides is 3. The molecule has 2 unspecified atom stereocenters. The number of piperidine rings is 1. The van der Waals surface area contributed by atoms with Crippen LogP contribution in [-0.4, -0.2) is 47.6 Å². The number of carbonyl (C=O) groups is 3. The average Bonchev–Trinajstić information content (AvgIpc) is 2.80. The molecule has 0 aromatic carbocycles. The highest BCUT2D eigenvalue weighted by molar-refractivity contribution is 6.07. The molecule has 2 heterocycles. The van der Waals surface area contributed by atoms with E-state index in [4.69, 9.17) is 0 Å². The fourth-order valence-corrected chi connectivity index (χ4v) is 4.04. The van der Waals surface area contributed by atoms with Crippen LogP contribution in [0.3, 0.4) is 0 Å². The van der Waals surface area contributed by atoms with Gasteiger partial charge in [-0.05, 0) is 25.7 Å². The Kier molecular flexibility index (Phi) is 4.21. The predicted molar refractivity (Wildman–Crippen MR) is 76.7 cm³/mol. The molecule has 0 aromatic heterocycles. The minimum atomic E-state index is -4.36. The fraction of sp³-hybridized carbons (Fsp3) is 0.800. The predicted octanol–water partition coefficient (Wildman–Crippen LogP) is 1.56. The van der Waals surface area contributed by atoms with Gasteiger partial charge in [-0.25, -0.2) is 4.79 Å². The van der Waals surface area contributed by atoms with E-state index in [1.165, 1.54) is 4.90 Å². The summed E-state index contributed by atoms with van der Waals surface area (Å²) in [5.41, 5.74) is -1.02. The van der Waals surface area contributed by atoms with Crippen LogP contribution >= 0.6 is 0 Å². The Morgan fingerprint density at radius 3 is 2.29 bits per heavy atom. The van der Waals surface area contributed by atoms with Crippen molar-refractivity contribution in [3.05, 3.63) is 0 Å². The number of nitrogens with zero attached hydrogens (tertiary/aromatic N) is 1. The van der Waals surface area contributed by atoms with Gasteiger partial charge in [-0.3, -0.25) is 14.9 Å². The number of imide groups is 1. The number of amides is 4. The van der Waals surface area contributed by atoms with Gasteiger partial charge in [0.05, 0.1) is 5.92 Å². The zero-order chi connectivity index (χ0) is 17.5. The molecule has 1 spiro atoms. The Balaban J connectivity index is 1.66. The van der Waals surface area contributed by atoms with E-state index in [0.29, 0.717) is 12.8 Å². The van der Waals surface area contributed by atoms with Crippen LogP contribution in [0.2, 0.25) is 0 Å². The lowest BCUT2D eigenvalue weighted by Gasteiger charge is -2.40. The van der Waals surface area contributed by atoms with Crippen molar-refractivity contribution in [3.8, 4) is 0 Å². The topological polar surface area (TPSA) is 78.5 Å². The van der Waals surface area contributed by atoms with Crippen molar-refractivity contribution in [1.29, 1.82) is 0 Å². The van der Waals surface area contributed by atoms with Crippen LogP contribution in [-0.2, 0) is 9.59 Å². The summed E-state index contributed by atoms with van der Waals surface area (Å²) in [4.78, 5) is 37.2. The Morgan fingerprint density at radius 2 is 1.75 bits per heavy atom. The lowest BCUT2D eigenvalue weighted by Crippen LogP contribution is -2.57. The molecule has 2 saturated heterocycles. The Morgan fingerprint density at radius 1 is 1.12 bits per heavy atom. The van der Waals surface area contributed by atoms with E-state index in [1.54, 1.807) is 0 Å². The molecule has 2 aliphatic heterocycles. The smallest absolute Gasteiger partial charge is 0.342 e. The summed E-state index contributed by atoms with van der Waals surface area (Å²) in [6.45, 7) is 0.348. The van der Waals surface area contributed by atoms with E-state index in [1.807, 2.05) is 0 Å². The second kappa shape index (κ2) is 5.93. The average molecular weight is 347 g/mol. The molecule has 134 valence electrons. The maximum atomic E-state index is 13.2. The maximum absolute atomic E-state index is 13.2. The number of hydrogen-bond acceptors (Lipinski definition) is 3. The molecule has 0 bridgehead atoms. The largest absolute Gasteiger partial charge is 0.392 e. The van der Waals surface area contributed by atoms with Crippen molar-refractivity contribution in [2.24, 2.45) is 11.8 Å². The normalized spacial score (nSPS) is 30.2. The monoisotopic (exact) mass is 347 g/mol. The van der Waals surface area contributed by atoms with Gasteiger partial charge in [-0.1, -0.05) is 12.8 Å².